The number of halogens is 2. The highest BCUT2D eigenvalue weighted by Gasteiger charge is 2.51. The molecule has 4 nitrogen and oxygen atoms in total. The highest BCUT2D eigenvalue weighted by molar-refractivity contribution is 5.81. The molecular formula is C27H34F2N2O2. The number of nitrogens with zero attached hydrogens (tertiary/aromatic N) is 2. The summed E-state index contributed by atoms with van der Waals surface area (Å²) in [5.74, 6) is -2.13. The van der Waals surface area contributed by atoms with E-state index in [0.717, 1.165) is 11.6 Å². The Morgan fingerprint density at radius 1 is 1.09 bits per heavy atom. The summed E-state index contributed by atoms with van der Waals surface area (Å²) < 4.78 is 28.3. The second-order valence-corrected chi connectivity index (χ2v) is 10.0. The minimum absolute atomic E-state index is 0.0139. The molecule has 2 aromatic rings. The maximum absolute atomic E-state index is 14.8. The van der Waals surface area contributed by atoms with E-state index in [9.17, 15) is 18.7 Å². The number of hydrogen-bond acceptors (Lipinski definition) is 3. The summed E-state index contributed by atoms with van der Waals surface area (Å²) in [7, 11) is 0. The van der Waals surface area contributed by atoms with Gasteiger partial charge in [0.05, 0.1) is 12.0 Å². The van der Waals surface area contributed by atoms with Gasteiger partial charge in [-0.15, -0.1) is 0 Å². The van der Waals surface area contributed by atoms with Gasteiger partial charge in [-0.25, -0.2) is 8.78 Å². The van der Waals surface area contributed by atoms with E-state index in [-0.39, 0.29) is 23.8 Å². The molecule has 2 heterocycles. The van der Waals surface area contributed by atoms with Crippen LogP contribution in [0, 0.1) is 23.5 Å². The Balaban J connectivity index is 1.67. The summed E-state index contributed by atoms with van der Waals surface area (Å²) in [5.41, 5.74) is 0.0235. The van der Waals surface area contributed by atoms with Gasteiger partial charge in [-0.3, -0.25) is 9.69 Å². The van der Waals surface area contributed by atoms with Crippen molar-refractivity contribution in [2.45, 2.75) is 57.7 Å². The van der Waals surface area contributed by atoms with E-state index < -0.39 is 29.2 Å². The van der Waals surface area contributed by atoms with Gasteiger partial charge in [0.25, 0.3) is 0 Å². The van der Waals surface area contributed by atoms with Gasteiger partial charge in [0.15, 0.2) is 0 Å². The number of aliphatic hydroxyl groups is 1. The van der Waals surface area contributed by atoms with E-state index in [1.807, 2.05) is 44.2 Å². The molecule has 2 aliphatic heterocycles. The molecule has 2 aromatic carbocycles. The van der Waals surface area contributed by atoms with Crippen LogP contribution in [0.4, 0.5) is 8.78 Å². The number of likely N-dealkylation sites (tertiary alicyclic amines) is 2. The molecule has 0 spiro atoms. The standard InChI is InChI=1S/C27H34F2N2O2/c1-17(2)30-15-23(22-11-10-21(28)14-25(22)29)24(16-30)26(32)31-13-12-18(3)27(33,19(31)4)20-8-6-5-7-9-20/h5-11,14,17-19,23-24,33H,12-13,15-16H2,1-4H3/t18-,19-,23-,24+,27-/m0/s1. The van der Waals surface area contributed by atoms with Crippen LogP contribution in [0.15, 0.2) is 48.5 Å². The molecular weight excluding hydrogens is 422 g/mol. The van der Waals surface area contributed by atoms with Crippen molar-refractivity contribution in [2.24, 2.45) is 11.8 Å². The molecule has 0 aromatic heterocycles. The van der Waals surface area contributed by atoms with Gasteiger partial charge in [0, 0.05) is 37.7 Å². The first-order valence-electron chi connectivity index (χ1n) is 11.9. The normalized spacial score (nSPS) is 30.7. The highest BCUT2D eigenvalue weighted by atomic mass is 19.1. The van der Waals surface area contributed by atoms with Gasteiger partial charge in [-0.05, 0) is 50.3 Å². The molecule has 33 heavy (non-hydrogen) atoms. The van der Waals surface area contributed by atoms with Crippen LogP contribution >= 0.6 is 0 Å². The summed E-state index contributed by atoms with van der Waals surface area (Å²) in [5, 5.41) is 11.8. The molecule has 0 radical (unpaired) electrons. The second kappa shape index (κ2) is 9.15. The lowest BCUT2D eigenvalue weighted by Gasteiger charge is -2.50. The molecule has 0 aliphatic carbocycles. The van der Waals surface area contributed by atoms with E-state index in [4.69, 9.17) is 0 Å². The summed E-state index contributed by atoms with van der Waals surface area (Å²) in [4.78, 5) is 17.9. The van der Waals surface area contributed by atoms with Crippen molar-refractivity contribution in [3.8, 4) is 0 Å². The third kappa shape index (κ3) is 4.19. The zero-order valence-corrected chi connectivity index (χ0v) is 19.8. The van der Waals surface area contributed by atoms with Crippen molar-refractivity contribution >= 4 is 5.91 Å². The van der Waals surface area contributed by atoms with Gasteiger partial charge in [-0.2, -0.15) is 0 Å². The monoisotopic (exact) mass is 456 g/mol. The van der Waals surface area contributed by atoms with Crippen molar-refractivity contribution < 1.29 is 18.7 Å². The third-order valence-electron chi connectivity index (χ3n) is 7.94. The molecule has 2 saturated heterocycles. The first-order chi connectivity index (χ1) is 15.6. The van der Waals surface area contributed by atoms with Crippen LogP contribution in [-0.2, 0) is 10.4 Å². The first-order valence-corrected chi connectivity index (χ1v) is 11.9. The maximum atomic E-state index is 14.8. The topological polar surface area (TPSA) is 43.8 Å². The fourth-order valence-electron chi connectivity index (χ4n) is 5.76. The summed E-state index contributed by atoms with van der Waals surface area (Å²) >= 11 is 0. The Kier molecular flexibility index (Phi) is 6.61. The molecule has 0 saturated carbocycles. The molecule has 2 fully saturated rings. The Bertz CT molecular complexity index is 999. The third-order valence-corrected chi connectivity index (χ3v) is 7.94. The van der Waals surface area contributed by atoms with Gasteiger partial charge in [-0.1, -0.05) is 43.3 Å². The van der Waals surface area contributed by atoms with Gasteiger partial charge >= 0.3 is 0 Å². The minimum atomic E-state index is -1.16. The van der Waals surface area contributed by atoms with Gasteiger partial charge < -0.3 is 10.0 Å². The largest absolute Gasteiger partial charge is 0.383 e. The maximum Gasteiger partial charge on any atom is 0.228 e. The predicted molar refractivity (Wildman–Crippen MR) is 125 cm³/mol. The van der Waals surface area contributed by atoms with Crippen molar-refractivity contribution in [3.05, 3.63) is 71.3 Å². The Labute approximate surface area is 195 Å². The molecule has 6 heteroatoms. The summed E-state index contributed by atoms with van der Waals surface area (Å²) in [6.45, 7) is 9.65. The van der Waals surface area contributed by atoms with E-state index in [0.29, 0.717) is 31.6 Å². The fraction of sp³-hybridized carbons (Fsp3) is 0.519. The van der Waals surface area contributed by atoms with Crippen LogP contribution in [0.1, 0.15) is 51.2 Å². The second-order valence-electron chi connectivity index (χ2n) is 10.0. The lowest BCUT2D eigenvalue weighted by Crippen LogP contribution is -2.60. The lowest BCUT2D eigenvalue weighted by molar-refractivity contribution is -0.159. The number of rotatable bonds is 4. The van der Waals surface area contributed by atoms with E-state index in [1.165, 1.54) is 12.1 Å². The van der Waals surface area contributed by atoms with Crippen molar-refractivity contribution in [3.63, 3.8) is 0 Å². The minimum Gasteiger partial charge on any atom is -0.383 e. The van der Waals surface area contributed by atoms with Crippen LogP contribution in [0.25, 0.3) is 0 Å². The lowest BCUT2D eigenvalue weighted by atomic mass is 9.72. The van der Waals surface area contributed by atoms with E-state index >= 15 is 0 Å². The molecule has 1 N–H and O–H groups in total. The molecule has 0 unspecified atom stereocenters. The number of amides is 1. The van der Waals surface area contributed by atoms with Gasteiger partial charge in [0.2, 0.25) is 5.91 Å². The van der Waals surface area contributed by atoms with Crippen molar-refractivity contribution in [2.75, 3.05) is 19.6 Å². The number of hydrogen-bond donors (Lipinski definition) is 1. The quantitative estimate of drug-likeness (QED) is 0.735. The number of benzene rings is 2. The summed E-state index contributed by atoms with van der Waals surface area (Å²) in [6, 6.07) is 12.9. The van der Waals surface area contributed by atoms with Gasteiger partial charge in [0.1, 0.15) is 17.2 Å². The van der Waals surface area contributed by atoms with E-state index in [1.54, 1.807) is 4.90 Å². The Morgan fingerprint density at radius 3 is 2.42 bits per heavy atom. The Hall–Kier alpha value is -2.31. The number of carbonyl (C=O) groups is 1. The first kappa shape index (κ1) is 23.8. The zero-order valence-electron chi connectivity index (χ0n) is 19.8. The zero-order chi connectivity index (χ0) is 23.9. The van der Waals surface area contributed by atoms with Crippen LogP contribution in [0.3, 0.4) is 0 Å². The van der Waals surface area contributed by atoms with Crippen molar-refractivity contribution in [1.29, 1.82) is 0 Å². The Morgan fingerprint density at radius 2 is 1.79 bits per heavy atom. The predicted octanol–water partition coefficient (Wildman–Crippen LogP) is 4.53. The molecule has 5 atom stereocenters. The van der Waals surface area contributed by atoms with Crippen LogP contribution in [-0.4, -0.2) is 52.5 Å². The van der Waals surface area contributed by atoms with Crippen LogP contribution < -0.4 is 0 Å². The SMILES string of the molecule is CC(C)N1C[C@@H](C(=O)N2CC[C@H](C)[C@@](O)(c3ccccc3)[C@@H]2C)[C@H](c2ccc(F)cc2F)C1. The smallest absolute Gasteiger partial charge is 0.228 e. The van der Waals surface area contributed by atoms with Crippen molar-refractivity contribution in [1.82, 2.24) is 9.80 Å². The average Bonchev–Trinajstić information content (AvgIpc) is 3.23. The van der Waals surface area contributed by atoms with E-state index in [2.05, 4.69) is 18.7 Å². The van der Waals surface area contributed by atoms with Crippen LogP contribution in [0.2, 0.25) is 0 Å². The molecule has 178 valence electrons. The molecule has 4 rings (SSSR count). The molecule has 0 bridgehead atoms. The molecule has 2 aliphatic rings. The summed E-state index contributed by atoms with van der Waals surface area (Å²) in [6.07, 6.45) is 0.678. The highest BCUT2D eigenvalue weighted by Crippen LogP contribution is 2.43. The average molecular weight is 457 g/mol. The molecule has 1 amide bonds. The number of piperidine rings is 1. The number of carbonyl (C=O) groups excluding carboxylic acids is 1. The fourth-order valence-corrected chi connectivity index (χ4v) is 5.76. The van der Waals surface area contributed by atoms with Crippen LogP contribution in [0.5, 0.6) is 0 Å².